The number of hydrogen-bond acceptors (Lipinski definition) is 2. The molecule has 1 rings (SSSR count). The highest BCUT2D eigenvalue weighted by Gasteiger charge is 2.21. The summed E-state index contributed by atoms with van der Waals surface area (Å²) in [6, 6.07) is 4.25. The van der Waals surface area contributed by atoms with Crippen LogP contribution in [0.4, 0.5) is 8.78 Å². The van der Waals surface area contributed by atoms with Gasteiger partial charge in [0.1, 0.15) is 0 Å². The summed E-state index contributed by atoms with van der Waals surface area (Å²) in [6.07, 6.45) is 1.25. The van der Waals surface area contributed by atoms with E-state index in [4.69, 9.17) is 4.74 Å². The number of halogens is 2. The molecule has 0 spiro atoms. The van der Waals surface area contributed by atoms with Gasteiger partial charge in [0.15, 0.2) is 11.6 Å². The van der Waals surface area contributed by atoms with Crippen LogP contribution in [0, 0.1) is 11.6 Å². The fourth-order valence-electron chi connectivity index (χ4n) is 2.10. The Kier molecular flexibility index (Phi) is 6.22. The average molecular weight is 257 g/mol. The second kappa shape index (κ2) is 7.44. The number of ether oxygens (including phenoxy) is 1. The third kappa shape index (κ3) is 3.75. The Morgan fingerprint density at radius 2 is 2.00 bits per heavy atom. The number of hydrogen-bond donors (Lipinski definition) is 1. The molecular formula is C14H21F2NO. The van der Waals surface area contributed by atoms with Crippen molar-refractivity contribution in [3.8, 4) is 0 Å². The SMILES string of the molecule is CCOC(CC)C(Cc1cccc(F)c1F)NC. The molecule has 0 aliphatic rings. The smallest absolute Gasteiger partial charge is 0.162 e. The Hall–Kier alpha value is -1.00. The highest BCUT2D eigenvalue weighted by molar-refractivity contribution is 5.20. The van der Waals surface area contributed by atoms with Crippen molar-refractivity contribution in [2.24, 2.45) is 0 Å². The zero-order valence-corrected chi connectivity index (χ0v) is 11.2. The molecule has 0 aliphatic carbocycles. The molecule has 0 bridgehead atoms. The van der Waals surface area contributed by atoms with Crippen LogP contribution in [-0.4, -0.2) is 25.8 Å². The van der Waals surface area contributed by atoms with Crippen LogP contribution >= 0.6 is 0 Å². The van der Waals surface area contributed by atoms with Crippen molar-refractivity contribution in [2.45, 2.75) is 38.8 Å². The van der Waals surface area contributed by atoms with Crippen molar-refractivity contribution < 1.29 is 13.5 Å². The van der Waals surface area contributed by atoms with Gasteiger partial charge in [0.25, 0.3) is 0 Å². The molecule has 102 valence electrons. The molecule has 2 atom stereocenters. The van der Waals surface area contributed by atoms with Crippen molar-refractivity contribution in [3.05, 3.63) is 35.4 Å². The Bertz CT molecular complexity index is 371. The molecule has 0 heterocycles. The van der Waals surface area contributed by atoms with Crippen LogP contribution in [0.15, 0.2) is 18.2 Å². The van der Waals surface area contributed by atoms with E-state index in [1.54, 1.807) is 6.07 Å². The van der Waals surface area contributed by atoms with Crippen molar-refractivity contribution in [2.75, 3.05) is 13.7 Å². The minimum Gasteiger partial charge on any atom is -0.377 e. The first-order chi connectivity index (χ1) is 8.63. The molecule has 0 saturated carbocycles. The van der Waals surface area contributed by atoms with Crippen LogP contribution in [0.1, 0.15) is 25.8 Å². The van der Waals surface area contributed by atoms with Crippen LogP contribution in [-0.2, 0) is 11.2 Å². The second-order valence-corrected chi connectivity index (χ2v) is 4.21. The van der Waals surface area contributed by atoms with Crippen LogP contribution in [0.5, 0.6) is 0 Å². The van der Waals surface area contributed by atoms with Crippen LogP contribution in [0.25, 0.3) is 0 Å². The monoisotopic (exact) mass is 257 g/mol. The third-order valence-corrected chi connectivity index (χ3v) is 3.07. The standard InChI is InChI=1S/C14H21F2NO/c1-4-13(18-5-2)12(17-3)9-10-7-6-8-11(15)14(10)16/h6-8,12-13,17H,4-5,9H2,1-3H3. The molecule has 0 saturated heterocycles. The van der Waals surface area contributed by atoms with Crippen molar-refractivity contribution in [1.82, 2.24) is 5.32 Å². The quantitative estimate of drug-likeness (QED) is 0.811. The van der Waals surface area contributed by atoms with Crippen LogP contribution in [0.3, 0.4) is 0 Å². The van der Waals surface area contributed by atoms with Gasteiger partial charge in [-0.05, 0) is 38.4 Å². The lowest BCUT2D eigenvalue weighted by molar-refractivity contribution is 0.0337. The van der Waals surface area contributed by atoms with E-state index in [1.165, 1.54) is 6.07 Å². The largest absolute Gasteiger partial charge is 0.377 e. The molecule has 0 aliphatic heterocycles. The van der Waals surface area contributed by atoms with E-state index in [0.717, 1.165) is 12.5 Å². The van der Waals surface area contributed by atoms with Gasteiger partial charge in [-0.15, -0.1) is 0 Å². The molecule has 0 radical (unpaired) electrons. The topological polar surface area (TPSA) is 21.3 Å². The van der Waals surface area contributed by atoms with Gasteiger partial charge in [0.05, 0.1) is 6.10 Å². The fourth-order valence-corrected chi connectivity index (χ4v) is 2.10. The predicted octanol–water partition coefficient (Wildman–Crippen LogP) is 2.91. The normalized spacial score (nSPS) is 14.5. The second-order valence-electron chi connectivity index (χ2n) is 4.21. The van der Waals surface area contributed by atoms with E-state index in [-0.39, 0.29) is 12.1 Å². The van der Waals surface area contributed by atoms with E-state index < -0.39 is 11.6 Å². The van der Waals surface area contributed by atoms with E-state index in [1.807, 2.05) is 20.9 Å². The van der Waals surface area contributed by atoms with Crippen LogP contribution < -0.4 is 5.32 Å². The van der Waals surface area contributed by atoms with Crippen LogP contribution in [0.2, 0.25) is 0 Å². The number of likely N-dealkylation sites (N-methyl/N-ethyl adjacent to an activating group) is 1. The lowest BCUT2D eigenvalue weighted by Gasteiger charge is -2.26. The minimum absolute atomic E-state index is 0.00247. The summed E-state index contributed by atoms with van der Waals surface area (Å²) < 4.78 is 32.4. The van der Waals surface area contributed by atoms with Gasteiger partial charge in [0, 0.05) is 12.6 Å². The number of rotatable bonds is 7. The van der Waals surface area contributed by atoms with Gasteiger partial charge >= 0.3 is 0 Å². The molecule has 2 nitrogen and oxygen atoms in total. The summed E-state index contributed by atoms with van der Waals surface area (Å²) in [5, 5.41) is 3.12. The maximum Gasteiger partial charge on any atom is 0.162 e. The van der Waals surface area contributed by atoms with E-state index >= 15 is 0 Å². The van der Waals surface area contributed by atoms with Gasteiger partial charge in [-0.1, -0.05) is 19.1 Å². The van der Waals surface area contributed by atoms with Gasteiger partial charge in [-0.2, -0.15) is 0 Å². The first-order valence-electron chi connectivity index (χ1n) is 6.35. The summed E-state index contributed by atoms with van der Waals surface area (Å²) in [5.74, 6) is -1.56. The molecule has 18 heavy (non-hydrogen) atoms. The van der Waals surface area contributed by atoms with Crippen molar-refractivity contribution in [3.63, 3.8) is 0 Å². The minimum atomic E-state index is -0.799. The predicted molar refractivity (Wildman–Crippen MR) is 68.6 cm³/mol. The maximum atomic E-state index is 13.6. The first-order valence-corrected chi connectivity index (χ1v) is 6.35. The highest BCUT2D eigenvalue weighted by Crippen LogP contribution is 2.16. The maximum absolute atomic E-state index is 13.6. The van der Waals surface area contributed by atoms with E-state index in [0.29, 0.717) is 18.6 Å². The molecule has 1 aromatic rings. The highest BCUT2D eigenvalue weighted by atomic mass is 19.2. The first kappa shape index (κ1) is 15.1. The summed E-state index contributed by atoms with van der Waals surface area (Å²) in [7, 11) is 1.81. The fraction of sp³-hybridized carbons (Fsp3) is 0.571. The van der Waals surface area contributed by atoms with Gasteiger partial charge in [-0.25, -0.2) is 8.78 Å². The summed E-state index contributed by atoms with van der Waals surface area (Å²) in [6.45, 7) is 4.56. The third-order valence-electron chi connectivity index (χ3n) is 3.07. The van der Waals surface area contributed by atoms with Gasteiger partial charge < -0.3 is 10.1 Å². The van der Waals surface area contributed by atoms with E-state index in [9.17, 15) is 8.78 Å². The zero-order valence-electron chi connectivity index (χ0n) is 11.2. The summed E-state index contributed by atoms with van der Waals surface area (Å²) in [4.78, 5) is 0. The summed E-state index contributed by atoms with van der Waals surface area (Å²) in [5.41, 5.74) is 0.382. The number of benzene rings is 1. The number of nitrogens with one attached hydrogen (secondary N) is 1. The molecule has 1 N–H and O–H groups in total. The Balaban J connectivity index is 2.81. The van der Waals surface area contributed by atoms with Gasteiger partial charge in [0.2, 0.25) is 0 Å². The average Bonchev–Trinajstić information content (AvgIpc) is 2.38. The summed E-state index contributed by atoms with van der Waals surface area (Å²) >= 11 is 0. The lowest BCUT2D eigenvalue weighted by atomic mass is 9.99. The Morgan fingerprint density at radius 3 is 2.56 bits per heavy atom. The molecular weight excluding hydrogens is 236 g/mol. The Labute approximate surface area is 107 Å². The molecule has 0 fully saturated rings. The molecule has 4 heteroatoms. The molecule has 2 unspecified atom stereocenters. The molecule has 0 amide bonds. The Morgan fingerprint density at radius 1 is 1.28 bits per heavy atom. The van der Waals surface area contributed by atoms with Crippen molar-refractivity contribution in [1.29, 1.82) is 0 Å². The zero-order chi connectivity index (χ0) is 13.5. The van der Waals surface area contributed by atoms with E-state index in [2.05, 4.69) is 5.32 Å². The molecule has 0 aromatic heterocycles. The van der Waals surface area contributed by atoms with Gasteiger partial charge in [-0.3, -0.25) is 0 Å². The lowest BCUT2D eigenvalue weighted by Crippen LogP contribution is -2.41. The van der Waals surface area contributed by atoms with Crippen molar-refractivity contribution >= 4 is 0 Å². The molecule has 1 aromatic carbocycles.